The second-order valence-electron chi connectivity index (χ2n) is 8.59. The molecule has 4 aromatic rings. The van der Waals surface area contributed by atoms with Crippen LogP contribution in [0.1, 0.15) is 35.6 Å². The molecule has 6 nitrogen and oxygen atoms in total. The van der Waals surface area contributed by atoms with Gasteiger partial charge in [0.05, 0.1) is 15.8 Å². The molecule has 180 valence electrons. The van der Waals surface area contributed by atoms with Crippen LogP contribution in [0.25, 0.3) is 12.2 Å². The number of nitrogens with one attached hydrogen (secondary N) is 1. The highest BCUT2D eigenvalue weighted by Crippen LogP contribution is 2.32. The van der Waals surface area contributed by atoms with Gasteiger partial charge in [-0.05, 0) is 56.2 Å². The normalized spacial score (nSPS) is 15.8. The average Bonchev–Trinajstić information content (AvgIpc) is 3.43. The summed E-state index contributed by atoms with van der Waals surface area (Å²) >= 11 is 1.30. The molecule has 0 aliphatic carbocycles. The standard InChI is InChI=1S/C29H25N3O3S/c1-18-10-7-8-14-22(18)31-27(33)25-20(3)30-29-32(26(25)23-17-16-19(2)35-23)28(34)24(36-29)15-9-13-21-11-5-4-6-12-21/h4-17,26H,1-3H3,(H,31,33)/b13-9+,24-15+. The van der Waals surface area contributed by atoms with E-state index in [2.05, 4.69) is 10.3 Å². The van der Waals surface area contributed by atoms with Crippen LogP contribution in [-0.4, -0.2) is 10.5 Å². The number of aromatic nitrogens is 1. The molecular formula is C29H25N3O3S. The lowest BCUT2D eigenvalue weighted by Gasteiger charge is -2.23. The van der Waals surface area contributed by atoms with Gasteiger partial charge in [0, 0.05) is 5.69 Å². The summed E-state index contributed by atoms with van der Waals surface area (Å²) in [5, 5.41) is 3.00. The van der Waals surface area contributed by atoms with Crippen LogP contribution in [0.3, 0.4) is 0 Å². The molecule has 0 radical (unpaired) electrons. The molecule has 3 heterocycles. The van der Waals surface area contributed by atoms with E-state index in [9.17, 15) is 9.59 Å². The van der Waals surface area contributed by atoms with Crippen molar-refractivity contribution >= 4 is 35.1 Å². The van der Waals surface area contributed by atoms with Crippen molar-refractivity contribution in [3.63, 3.8) is 0 Å². The van der Waals surface area contributed by atoms with Crippen LogP contribution in [0.5, 0.6) is 0 Å². The summed E-state index contributed by atoms with van der Waals surface area (Å²) in [6, 6.07) is 20.4. The number of fused-ring (bicyclic) bond motifs is 1. The number of hydrogen-bond acceptors (Lipinski definition) is 5. The first-order valence-electron chi connectivity index (χ1n) is 11.6. The van der Waals surface area contributed by atoms with E-state index in [1.165, 1.54) is 11.3 Å². The quantitative estimate of drug-likeness (QED) is 0.434. The van der Waals surface area contributed by atoms with E-state index in [1.807, 2.05) is 92.7 Å². The zero-order chi connectivity index (χ0) is 25.2. The molecular weight excluding hydrogens is 470 g/mol. The number of nitrogens with zero attached hydrogens (tertiary/aromatic N) is 2. The van der Waals surface area contributed by atoms with Crippen molar-refractivity contribution in [3.05, 3.63) is 126 Å². The van der Waals surface area contributed by atoms with Gasteiger partial charge in [-0.1, -0.05) is 72.0 Å². The molecule has 1 aliphatic heterocycles. The number of furan rings is 1. The van der Waals surface area contributed by atoms with E-state index in [0.29, 0.717) is 37.8 Å². The summed E-state index contributed by atoms with van der Waals surface area (Å²) in [7, 11) is 0. The Morgan fingerprint density at radius 1 is 1.03 bits per heavy atom. The number of aryl methyl sites for hydroxylation is 2. The molecule has 0 saturated carbocycles. The van der Waals surface area contributed by atoms with Gasteiger partial charge in [0.2, 0.25) is 0 Å². The van der Waals surface area contributed by atoms with E-state index >= 15 is 0 Å². The molecule has 2 aromatic heterocycles. The second-order valence-corrected chi connectivity index (χ2v) is 9.60. The highest BCUT2D eigenvalue weighted by Gasteiger charge is 2.34. The number of allylic oxidation sites excluding steroid dienone is 2. The van der Waals surface area contributed by atoms with Gasteiger partial charge in [-0.3, -0.25) is 14.2 Å². The molecule has 1 amide bonds. The lowest BCUT2D eigenvalue weighted by atomic mass is 10.00. The molecule has 1 N–H and O–H groups in total. The minimum Gasteiger partial charge on any atom is -0.464 e. The van der Waals surface area contributed by atoms with E-state index in [-0.39, 0.29) is 11.5 Å². The largest absolute Gasteiger partial charge is 0.464 e. The number of anilines is 1. The average molecular weight is 496 g/mol. The van der Waals surface area contributed by atoms with Crippen molar-refractivity contribution in [1.82, 2.24) is 4.57 Å². The fourth-order valence-corrected chi connectivity index (χ4v) is 5.21. The van der Waals surface area contributed by atoms with Crippen molar-refractivity contribution in [2.45, 2.75) is 26.8 Å². The number of benzene rings is 2. The van der Waals surface area contributed by atoms with Gasteiger partial charge < -0.3 is 9.73 Å². The molecule has 1 unspecified atom stereocenters. The SMILES string of the molecule is CC1=C(C(=O)Nc2ccccc2C)C(c2ccc(C)o2)n2c(s/c(=C/C=C/c3ccccc3)c2=O)=N1. The van der Waals surface area contributed by atoms with Gasteiger partial charge in [-0.25, -0.2) is 4.99 Å². The molecule has 0 saturated heterocycles. The Morgan fingerprint density at radius 2 is 1.78 bits per heavy atom. The van der Waals surface area contributed by atoms with Crippen LogP contribution in [0.4, 0.5) is 5.69 Å². The molecule has 5 rings (SSSR count). The van der Waals surface area contributed by atoms with Crippen molar-refractivity contribution in [2.24, 2.45) is 4.99 Å². The monoisotopic (exact) mass is 495 g/mol. The highest BCUT2D eigenvalue weighted by molar-refractivity contribution is 7.07. The summed E-state index contributed by atoms with van der Waals surface area (Å²) < 4.78 is 8.04. The number of para-hydroxylation sites is 1. The zero-order valence-corrected chi connectivity index (χ0v) is 21.0. The Balaban J connectivity index is 1.60. The first-order valence-corrected chi connectivity index (χ1v) is 12.4. The van der Waals surface area contributed by atoms with Gasteiger partial charge >= 0.3 is 0 Å². The topological polar surface area (TPSA) is 76.6 Å². The van der Waals surface area contributed by atoms with Gasteiger partial charge in [-0.2, -0.15) is 0 Å². The molecule has 7 heteroatoms. The van der Waals surface area contributed by atoms with Crippen LogP contribution in [0.2, 0.25) is 0 Å². The summed E-state index contributed by atoms with van der Waals surface area (Å²) in [5.74, 6) is 0.901. The van der Waals surface area contributed by atoms with E-state index in [0.717, 1.165) is 11.1 Å². The van der Waals surface area contributed by atoms with E-state index < -0.39 is 6.04 Å². The van der Waals surface area contributed by atoms with Crippen molar-refractivity contribution in [1.29, 1.82) is 0 Å². The molecule has 2 aromatic carbocycles. The molecule has 36 heavy (non-hydrogen) atoms. The van der Waals surface area contributed by atoms with Crippen LogP contribution in [0.15, 0.2) is 98.3 Å². The maximum atomic E-state index is 13.6. The number of hydrogen-bond donors (Lipinski definition) is 1. The maximum absolute atomic E-state index is 13.6. The predicted octanol–water partition coefficient (Wildman–Crippen LogP) is 4.75. The Bertz CT molecular complexity index is 1690. The third-order valence-electron chi connectivity index (χ3n) is 6.03. The summed E-state index contributed by atoms with van der Waals surface area (Å²) in [4.78, 5) is 32.3. The number of amides is 1. The number of thiazole rings is 1. The molecule has 1 aliphatic rings. The summed E-state index contributed by atoms with van der Waals surface area (Å²) in [5.41, 5.74) is 3.40. The fraction of sp³-hybridized carbons (Fsp3) is 0.138. The minimum atomic E-state index is -0.723. The Morgan fingerprint density at radius 3 is 2.50 bits per heavy atom. The van der Waals surface area contributed by atoms with Crippen LogP contribution < -0.4 is 20.2 Å². The second kappa shape index (κ2) is 9.79. The first-order chi connectivity index (χ1) is 17.4. The first kappa shape index (κ1) is 23.5. The van der Waals surface area contributed by atoms with Gasteiger partial charge in [-0.15, -0.1) is 0 Å². The Hall–Kier alpha value is -4.23. The minimum absolute atomic E-state index is 0.218. The van der Waals surface area contributed by atoms with Crippen molar-refractivity contribution in [2.75, 3.05) is 5.32 Å². The lowest BCUT2D eigenvalue weighted by molar-refractivity contribution is -0.113. The van der Waals surface area contributed by atoms with Crippen LogP contribution in [-0.2, 0) is 4.79 Å². The molecule has 0 spiro atoms. The highest BCUT2D eigenvalue weighted by atomic mass is 32.1. The third kappa shape index (κ3) is 4.53. The fourth-order valence-electron chi connectivity index (χ4n) is 4.21. The maximum Gasteiger partial charge on any atom is 0.271 e. The van der Waals surface area contributed by atoms with Crippen LogP contribution >= 0.6 is 11.3 Å². The Labute approximate surface area is 212 Å². The van der Waals surface area contributed by atoms with Gasteiger partial charge in [0.1, 0.15) is 17.6 Å². The summed E-state index contributed by atoms with van der Waals surface area (Å²) in [6.07, 6.45) is 5.58. The smallest absolute Gasteiger partial charge is 0.271 e. The molecule has 1 atom stereocenters. The Kier molecular flexibility index (Phi) is 6.40. The predicted molar refractivity (Wildman–Crippen MR) is 143 cm³/mol. The van der Waals surface area contributed by atoms with Crippen LogP contribution in [0, 0.1) is 13.8 Å². The summed E-state index contributed by atoms with van der Waals surface area (Å²) in [6.45, 7) is 5.56. The van der Waals surface area contributed by atoms with Crippen molar-refractivity contribution < 1.29 is 9.21 Å². The van der Waals surface area contributed by atoms with Gasteiger partial charge in [0.25, 0.3) is 11.5 Å². The van der Waals surface area contributed by atoms with Gasteiger partial charge in [0.15, 0.2) is 4.80 Å². The van der Waals surface area contributed by atoms with E-state index in [1.54, 1.807) is 17.6 Å². The molecule has 0 fully saturated rings. The lowest BCUT2D eigenvalue weighted by Crippen LogP contribution is -2.40. The van der Waals surface area contributed by atoms with E-state index in [4.69, 9.17) is 4.42 Å². The van der Waals surface area contributed by atoms with Crippen molar-refractivity contribution in [3.8, 4) is 0 Å². The third-order valence-corrected chi connectivity index (χ3v) is 7.03. The number of rotatable bonds is 5. The number of carbonyl (C=O) groups excluding carboxylic acids is 1. The number of carbonyl (C=O) groups is 1. The zero-order valence-electron chi connectivity index (χ0n) is 20.2. The molecule has 0 bridgehead atoms.